The highest BCUT2D eigenvalue weighted by atomic mass is 33.1. The Hall–Kier alpha value is 0.330. The van der Waals surface area contributed by atoms with Crippen LogP contribution in [0.15, 0.2) is 0 Å². The van der Waals surface area contributed by atoms with Gasteiger partial charge in [-0.3, -0.25) is 4.79 Å². The summed E-state index contributed by atoms with van der Waals surface area (Å²) in [6.07, 6.45) is 10.0. The highest BCUT2D eigenvalue weighted by Crippen LogP contribution is 2.21. The maximum Gasteiger partial charge on any atom is 0.132 e. The molecule has 18 heavy (non-hydrogen) atoms. The van der Waals surface area contributed by atoms with E-state index >= 15 is 0 Å². The first kappa shape index (κ1) is 18.3. The smallest absolute Gasteiger partial charge is 0.132 e. The van der Waals surface area contributed by atoms with Crippen molar-refractivity contribution in [2.24, 2.45) is 0 Å². The lowest BCUT2D eigenvalue weighted by atomic mass is 10.1. The van der Waals surface area contributed by atoms with Crippen molar-refractivity contribution < 1.29 is 9.90 Å². The van der Waals surface area contributed by atoms with Gasteiger partial charge in [0.25, 0.3) is 0 Å². The van der Waals surface area contributed by atoms with Gasteiger partial charge >= 0.3 is 0 Å². The number of carbonyl (C=O) groups is 1. The highest BCUT2D eigenvalue weighted by Gasteiger charge is 2.01. The first-order chi connectivity index (χ1) is 8.81. The molecule has 0 radical (unpaired) electrons. The Bertz CT molecular complexity index is 169. The summed E-state index contributed by atoms with van der Waals surface area (Å²) in [6.45, 7) is 2.47. The van der Waals surface area contributed by atoms with Gasteiger partial charge in [0, 0.05) is 24.3 Å². The fraction of sp³-hybridized carbons (Fsp3) is 0.929. The average Bonchev–Trinajstić information content (AvgIpc) is 2.38. The third-order valence-corrected chi connectivity index (χ3v) is 5.22. The molecule has 0 spiro atoms. The summed E-state index contributed by atoms with van der Waals surface area (Å²) < 4.78 is 0. The van der Waals surface area contributed by atoms with E-state index in [4.69, 9.17) is 5.11 Å². The molecule has 0 bridgehead atoms. The first-order valence-corrected chi connectivity index (χ1v) is 9.67. The van der Waals surface area contributed by atoms with Crippen LogP contribution in [0.2, 0.25) is 0 Å². The fourth-order valence-corrected chi connectivity index (χ4v) is 3.57. The van der Waals surface area contributed by atoms with E-state index in [2.05, 4.69) is 6.92 Å². The van der Waals surface area contributed by atoms with Gasteiger partial charge in [-0.05, 0) is 12.8 Å². The van der Waals surface area contributed by atoms with Crippen LogP contribution >= 0.6 is 21.6 Å². The second-order valence-corrected chi connectivity index (χ2v) is 7.23. The first-order valence-electron chi connectivity index (χ1n) is 7.18. The summed E-state index contributed by atoms with van der Waals surface area (Å²) in [4.78, 5) is 11.6. The number of aliphatic hydroxyl groups is 1. The standard InChI is InChI=1S/C14H28O2S2/c1-2-3-4-5-6-7-9-14(16)10-8-12-17-18-13-11-15/h15H,2-13H2,1H3. The van der Waals surface area contributed by atoms with Crippen LogP contribution < -0.4 is 0 Å². The van der Waals surface area contributed by atoms with Crippen LogP contribution in [0, 0.1) is 0 Å². The number of hydrogen-bond donors (Lipinski definition) is 1. The Morgan fingerprint density at radius 1 is 0.889 bits per heavy atom. The summed E-state index contributed by atoms with van der Waals surface area (Å²) in [7, 11) is 3.45. The van der Waals surface area contributed by atoms with E-state index in [1.807, 2.05) is 0 Å². The number of Topliss-reactive ketones (excluding diaryl/α,β-unsaturated/α-hetero) is 1. The Kier molecular flexibility index (Phi) is 15.7. The molecule has 0 aromatic carbocycles. The minimum absolute atomic E-state index is 0.245. The Balaban J connectivity index is 3.12. The van der Waals surface area contributed by atoms with Crippen LogP contribution in [0.4, 0.5) is 0 Å². The molecular formula is C14H28O2S2. The number of ketones is 1. The number of hydrogen-bond acceptors (Lipinski definition) is 4. The van der Waals surface area contributed by atoms with Gasteiger partial charge in [0.15, 0.2) is 0 Å². The van der Waals surface area contributed by atoms with Crippen LogP contribution in [0.25, 0.3) is 0 Å². The van der Waals surface area contributed by atoms with Gasteiger partial charge in [-0.25, -0.2) is 0 Å². The van der Waals surface area contributed by atoms with E-state index in [9.17, 15) is 4.79 Å². The minimum atomic E-state index is 0.245. The molecule has 0 amide bonds. The normalized spacial score (nSPS) is 10.8. The zero-order valence-electron chi connectivity index (χ0n) is 11.7. The van der Waals surface area contributed by atoms with E-state index < -0.39 is 0 Å². The number of carbonyl (C=O) groups excluding carboxylic acids is 1. The number of unbranched alkanes of at least 4 members (excludes halogenated alkanes) is 5. The fourth-order valence-electron chi connectivity index (χ4n) is 1.71. The molecule has 1 N–H and O–H groups in total. The molecule has 2 nitrogen and oxygen atoms in total. The molecule has 4 heteroatoms. The van der Waals surface area contributed by atoms with Gasteiger partial charge in [-0.1, -0.05) is 60.6 Å². The lowest BCUT2D eigenvalue weighted by molar-refractivity contribution is -0.119. The van der Waals surface area contributed by atoms with Crippen LogP contribution in [0.3, 0.4) is 0 Å². The Morgan fingerprint density at radius 2 is 1.50 bits per heavy atom. The molecular weight excluding hydrogens is 264 g/mol. The van der Waals surface area contributed by atoms with Crippen molar-refractivity contribution in [3.8, 4) is 0 Å². The van der Waals surface area contributed by atoms with Crippen LogP contribution in [-0.4, -0.2) is 29.0 Å². The molecule has 0 aliphatic carbocycles. The summed E-state index contributed by atoms with van der Waals surface area (Å²) >= 11 is 0. The molecule has 0 aliphatic heterocycles. The average molecular weight is 293 g/mol. The third kappa shape index (κ3) is 14.4. The van der Waals surface area contributed by atoms with Gasteiger partial charge < -0.3 is 5.11 Å². The van der Waals surface area contributed by atoms with E-state index in [1.54, 1.807) is 21.6 Å². The summed E-state index contributed by atoms with van der Waals surface area (Å²) in [5.74, 6) is 2.24. The molecule has 0 atom stereocenters. The van der Waals surface area contributed by atoms with Gasteiger partial charge in [-0.2, -0.15) is 0 Å². The van der Waals surface area contributed by atoms with Crippen molar-refractivity contribution >= 4 is 27.4 Å². The second-order valence-electron chi connectivity index (χ2n) is 4.53. The van der Waals surface area contributed by atoms with Crippen molar-refractivity contribution in [2.45, 2.75) is 64.7 Å². The van der Waals surface area contributed by atoms with Crippen LogP contribution in [-0.2, 0) is 4.79 Å². The maximum absolute atomic E-state index is 11.6. The monoisotopic (exact) mass is 292 g/mol. The van der Waals surface area contributed by atoms with Crippen molar-refractivity contribution in [1.82, 2.24) is 0 Å². The summed E-state index contributed by atoms with van der Waals surface area (Å²) in [5, 5.41) is 8.60. The summed E-state index contributed by atoms with van der Waals surface area (Å²) in [6, 6.07) is 0. The van der Waals surface area contributed by atoms with Crippen molar-refractivity contribution in [3.05, 3.63) is 0 Å². The molecule has 0 fully saturated rings. The van der Waals surface area contributed by atoms with E-state index in [0.29, 0.717) is 5.78 Å². The van der Waals surface area contributed by atoms with Crippen molar-refractivity contribution in [1.29, 1.82) is 0 Å². The van der Waals surface area contributed by atoms with Gasteiger partial charge in [0.05, 0.1) is 6.61 Å². The van der Waals surface area contributed by atoms with E-state index in [0.717, 1.165) is 37.2 Å². The number of aliphatic hydroxyl groups excluding tert-OH is 1. The second kappa shape index (κ2) is 15.4. The molecule has 0 saturated carbocycles. The molecule has 0 rings (SSSR count). The van der Waals surface area contributed by atoms with Gasteiger partial charge in [0.2, 0.25) is 0 Å². The maximum atomic E-state index is 11.6. The van der Waals surface area contributed by atoms with E-state index in [1.165, 1.54) is 32.1 Å². The zero-order chi connectivity index (χ0) is 13.5. The Morgan fingerprint density at radius 3 is 2.22 bits per heavy atom. The van der Waals surface area contributed by atoms with Crippen molar-refractivity contribution in [2.75, 3.05) is 18.1 Å². The molecule has 0 aromatic heterocycles. The molecule has 0 unspecified atom stereocenters. The van der Waals surface area contributed by atoms with Gasteiger partial charge in [-0.15, -0.1) is 0 Å². The molecule has 108 valence electrons. The topological polar surface area (TPSA) is 37.3 Å². The molecule has 0 saturated heterocycles. The summed E-state index contributed by atoms with van der Waals surface area (Å²) in [5.41, 5.74) is 0. The molecule has 0 aromatic rings. The van der Waals surface area contributed by atoms with Crippen LogP contribution in [0.5, 0.6) is 0 Å². The van der Waals surface area contributed by atoms with Crippen LogP contribution in [0.1, 0.15) is 64.7 Å². The Labute approximate surface area is 120 Å². The predicted molar refractivity (Wildman–Crippen MR) is 84.2 cm³/mol. The lowest BCUT2D eigenvalue weighted by Crippen LogP contribution is -1.98. The highest BCUT2D eigenvalue weighted by molar-refractivity contribution is 8.76. The van der Waals surface area contributed by atoms with Gasteiger partial charge in [0.1, 0.15) is 5.78 Å². The van der Waals surface area contributed by atoms with E-state index in [-0.39, 0.29) is 6.61 Å². The lowest BCUT2D eigenvalue weighted by Gasteiger charge is -2.02. The minimum Gasteiger partial charge on any atom is -0.395 e. The predicted octanol–water partition coefficient (Wildman–Crippen LogP) is 4.46. The molecule has 0 heterocycles. The largest absolute Gasteiger partial charge is 0.395 e. The SMILES string of the molecule is CCCCCCCCC(=O)CCCSSCCO. The molecule has 0 aliphatic rings. The van der Waals surface area contributed by atoms with Crippen molar-refractivity contribution in [3.63, 3.8) is 0 Å². The third-order valence-electron chi connectivity index (χ3n) is 2.75. The zero-order valence-corrected chi connectivity index (χ0v) is 13.3. The number of rotatable bonds is 14. The quantitative estimate of drug-likeness (QED) is 0.379.